The third-order valence-electron chi connectivity index (χ3n) is 3.48. The van der Waals surface area contributed by atoms with Crippen molar-refractivity contribution in [2.24, 2.45) is 11.7 Å². The summed E-state index contributed by atoms with van der Waals surface area (Å²) in [5, 5.41) is 0. The lowest BCUT2D eigenvalue weighted by molar-refractivity contribution is -0.158. The average molecular weight is 290 g/mol. The minimum atomic E-state index is -0.371. The van der Waals surface area contributed by atoms with Crippen LogP contribution in [-0.4, -0.2) is 36.5 Å². The fourth-order valence-electron chi connectivity index (χ4n) is 2.40. The van der Waals surface area contributed by atoms with Gasteiger partial charge in [0.2, 0.25) is 0 Å². The fourth-order valence-corrected chi connectivity index (χ4v) is 2.40. The number of ether oxygens (including phenoxy) is 1. The van der Waals surface area contributed by atoms with Gasteiger partial charge in [0.05, 0.1) is 0 Å². The molecule has 1 aromatic rings. The summed E-state index contributed by atoms with van der Waals surface area (Å²) in [5.41, 5.74) is 8.30. The number of carbonyl (C=O) groups is 2. The Morgan fingerprint density at radius 1 is 1.14 bits per heavy atom. The van der Waals surface area contributed by atoms with Gasteiger partial charge in [0.1, 0.15) is 13.2 Å². The van der Waals surface area contributed by atoms with Gasteiger partial charge in [0, 0.05) is 12.6 Å². The van der Waals surface area contributed by atoms with Crippen molar-refractivity contribution in [3.63, 3.8) is 0 Å². The van der Waals surface area contributed by atoms with Gasteiger partial charge in [-0.3, -0.25) is 14.5 Å². The van der Waals surface area contributed by atoms with Gasteiger partial charge in [-0.25, -0.2) is 0 Å². The van der Waals surface area contributed by atoms with Crippen LogP contribution in [0.1, 0.15) is 31.0 Å². The van der Waals surface area contributed by atoms with Crippen LogP contribution in [0.2, 0.25) is 0 Å². The highest BCUT2D eigenvalue weighted by Crippen LogP contribution is 2.16. The molecule has 1 aliphatic rings. The van der Waals surface area contributed by atoms with Crippen molar-refractivity contribution in [2.75, 3.05) is 19.8 Å². The smallest absolute Gasteiger partial charge is 0.255 e. The second-order valence-electron chi connectivity index (χ2n) is 5.84. The molecule has 21 heavy (non-hydrogen) atoms. The molecule has 1 aromatic carbocycles. The van der Waals surface area contributed by atoms with Crippen LogP contribution >= 0.6 is 0 Å². The second-order valence-corrected chi connectivity index (χ2v) is 5.84. The molecular weight excluding hydrogens is 268 g/mol. The van der Waals surface area contributed by atoms with E-state index in [2.05, 4.69) is 26.0 Å². The summed E-state index contributed by atoms with van der Waals surface area (Å²) < 4.78 is 4.88. The van der Waals surface area contributed by atoms with Crippen LogP contribution in [0.25, 0.3) is 0 Å². The molecule has 1 atom stereocenters. The first-order valence-corrected chi connectivity index (χ1v) is 7.22. The number of benzene rings is 1. The van der Waals surface area contributed by atoms with Crippen molar-refractivity contribution in [2.45, 2.75) is 26.3 Å². The first kappa shape index (κ1) is 15.7. The maximum atomic E-state index is 11.7. The molecule has 2 N–H and O–H groups in total. The number of nitrogens with zero attached hydrogens (tertiary/aromatic N) is 1. The molecule has 0 spiro atoms. The zero-order valence-corrected chi connectivity index (χ0v) is 12.5. The Balaban J connectivity index is 2.00. The lowest BCUT2D eigenvalue weighted by Gasteiger charge is -2.27. The van der Waals surface area contributed by atoms with E-state index in [0.717, 1.165) is 12.0 Å². The summed E-state index contributed by atoms with van der Waals surface area (Å²) in [6, 6.07) is 7.68. The fraction of sp³-hybridized carbons (Fsp3) is 0.500. The van der Waals surface area contributed by atoms with Crippen molar-refractivity contribution in [1.29, 1.82) is 0 Å². The maximum Gasteiger partial charge on any atom is 0.255 e. The minimum Gasteiger partial charge on any atom is -0.362 e. The number of amides is 2. The largest absolute Gasteiger partial charge is 0.362 e. The molecule has 1 unspecified atom stereocenters. The van der Waals surface area contributed by atoms with Crippen LogP contribution in [0.5, 0.6) is 0 Å². The van der Waals surface area contributed by atoms with Gasteiger partial charge in [-0.1, -0.05) is 38.1 Å². The van der Waals surface area contributed by atoms with Gasteiger partial charge in [-0.05, 0) is 23.5 Å². The van der Waals surface area contributed by atoms with Crippen molar-refractivity contribution in [1.82, 2.24) is 4.90 Å². The van der Waals surface area contributed by atoms with Gasteiger partial charge < -0.3 is 10.5 Å². The summed E-state index contributed by atoms with van der Waals surface area (Å²) >= 11 is 0. The van der Waals surface area contributed by atoms with E-state index in [9.17, 15) is 9.59 Å². The van der Waals surface area contributed by atoms with Crippen LogP contribution in [-0.2, 0) is 20.7 Å². The number of carbonyl (C=O) groups excluding carboxylic acids is 2. The highest BCUT2D eigenvalue weighted by molar-refractivity contribution is 5.98. The van der Waals surface area contributed by atoms with Crippen molar-refractivity contribution < 1.29 is 14.3 Å². The zero-order valence-electron chi connectivity index (χ0n) is 12.5. The number of hydrogen-bond donors (Lipinski definition) is 1. The van der Waals surface area contributed by atoms with Crippen LogP contribution in [0.4, 0.5) is 0 Å². The summed E-state index contributed by atoms with van der Waals surface area (Å²) in [6.45, 7) is 4.45. The molecule has 0 bridgehead atoms. The first-order valence-electron chi connectivity index (χ1n) is 7.22. The van der Waals surface area contributed by atoms with E-state index >= 15 is 0 Å². The molecule has 0 saturated carbocycles. The summed E-state index contributed by atoms with van der Waals surface area (Å²) in [7, 11) is 0. The molecule has 5 heteroatoms. The molecule has 2 rings (SSSR count). The predicted molar refractivity (Wildman–Crippen MR) is 79.5 cm³/mol. The number of rotatable bonds is 5. The predicted octanol–water partition coefficient (Wildman–Crippen LogP) is 1.27. The first-order chi connectivity index (χ1) is 9.97. The Hall–Kier alpha value is -1.72. The summed E-state index contributed by atoms with van der Waals surface area (Å²) in [6.07, 6.45) is 1.02. The topological polar surface area (TPSA) is 72.6 Å². The van der Waals surface area contributed by atoms with Gasteiger partial charge in [0.15, 0.2) is 0 Å². The van der Waals surface area contributed by atoms with E-state index in [1.807, 2.05) is 12.1 Å². The van der Waals surface area contributed by atoms with E-state index in [-0.39, 0.29) is 37.6 Å². The average Bonchev–Trinajstić information content (AvgIpc) is 2.43. The molecule has 0 radical (unpaired) electrons. The van der Waals surface area contributed by atoms with Crippen LogP contribution in [0.3, 0.4) is 0 Å². The standard InChI is InChI=1S/C16H22N2O3/c1-11(2)7-12-3-5-13(6-4-12)14(17)8-18-15(19)9-21-10-16(18)20/h3-6,11,14H,7-10,17H2,1-2H3. The van der Waals surface area contributed by atoms with E-state index < -0.39 is 0 Å². The van der Waals surface area contributed by atoms with Gasteiger partial charge in [-0.15, -0.1) is 0 Å². The number of hydrogen-bond acceptors (Lipinski definition) is 4. The van der Waals surface area contributed by atoms with Gasteiger partial charge >= 0.3 is 0 Å². The van der Waals surface area contributed by atoms with Gasteiger partial charge in [0.25, 0.3) is 11.8 Å². The number of imide groups is 1. The van der Waals surface area contributed by atoms with Crippen LogP contribution < -0.4 is 5.73 Å². The monoisotopic (exact) mass is 290 g/mol. The lowest BCUT2D eigenvalue weighted by atomic mass is 9.99. The molecule has 2 amide bonds. The van der Waals surface area contributed by atoms with E-state index in [4.69, 9.17) is 10.5 Å². The Morgan fingerprint density at radius 2 is 1.71 bits per heavy atom. The van der Waals surface area contributed by atoms with Crippen molar-refractivity contribution in [3.05, 3.63) is 35.4 Å². The molecule has 1 heterocycles. The SMILES string of the molecule is CC(C)Cc1ccc(C(N)CN2C(=O)COCC2=O)cc1. The third kappa shape index (κ3) is 4.12. The Morgan fingerprint density at radius 3 is 2.24 bits per heavy atom. The van der Waals surface area contributed by atoms with Crippen LogP contribution in [0, 0.1) is 5.92 Å². The molecule has 1 fully saturated rings. The highest BCUT2D eigenvalue weighted by atomic mass is 16.5. The second kappa shape index (κ2) is 6.83. The maximum absolute atomic E-state index is 11.7. The normalized spacial score (nSPS) is 17.4. The molecular formula is C16H22N2O3. The molecule has 1 saturated heterocycles. The van der Waals surface area contributed by atoms with Crippen molar-refractivity contribution in [3.8, 4) is 0 Å². The number of morpholine rings is 1. The highest BCUT2D eigenvalue weighted by Gasteiger charge is 2.28. The molecule has 1 aliphatic heterocycles. The molecule has 5 nitrogen and oxygen atoms in total. The Kier molecular flexibility index (Phi) is 5.09. The van der Waals surface area contributed by atoms with E-state index in [1.165, 1.54) is 10.5 Å². The molecule has 0 aromatic heterocycles. The minimum absolute atomic E-state index is 0.0498. The Bertz CT molecular complexity index is 495. The van der Waals surface area contributed by atoms with Crippen LogP contribution in [0.15, 0.2) is 24.3 Å². The van der Waals surface area contributed by atoms with E-state index in [1.54, 1.807) is 0 Å². The Labute approximate surface area is 125 Å². The summed E-state index contributed by atoms with van der Waals surface area (Å²) in [5.74, 6) is -0.0376. The lowest BCUT2D eigenvalue weighted by Crippen LogP contribution is -2.48. The molecule has 0 aliphatic carbocycles. The molecule has 114 valence electrons. The third-order valence-corrected chi connectivity index (χ3v) is 3.48. The quantitative estimate of drug-likeness (QED) is 0.829. The van der Waals surface area contributed by atoms with E-state index in [0.29, 0.717) is 5.92 Å². The van der Waals surface area contributed by atoms with Crippen molar-refractivity contribution >= 4 is 11.8 Å². The van der Waals surface area contributed by atoms with Gasteiger partial charge in [-0.2, -0.15) is 0 Å². The summed E-state index contributed by atoms with van der Waals surface area (Å²) in [4.78, 5) is 24.5. The zero-order chi connectivity index (χ0) is 15.4. The number of nitrogens with two attached hydrogens (primary N) is 1.